The molecule has 21 heavy (non-hydrogen) atoms. The SMILES string of the molecule is CCCc1ccc(S(=O)(=O)N2CCCCC2CCCl)cc1. The minimum Gasteiger partial charge on any atom is -0.207 e. The van der Waals surface area contributed by atoms with Crippen LogP contribution in [0.5, 0.6) is 0 Å². The Morgan fingerprint density at radius 2 is 1.95 bits per heavy atom. The highest BCUT2D eigenvalue weighted by Gasteiger charge is 2.32. The van der Waals surface area contributed by atoms with Gasteiger partial charge in [-0.05, 0) is 43.4 Å². The molecule has 0 radical (unpaired) electrons. The smallest absolute Gasteiger partial charge is 0.207 e. The molecule has 1 aromatic rings. The van der Waals surface area contributed by atoms with Crippen molar-refractivity contribution < 1.29 is 8.42 Å². The highest BCUT2D eigenvalue weighted by molar-refractivity contribution is 7.89. The van der Waals surface area contributed by atoms with Crippen LogP contribution in [0.1, 0.15) is 44.6 Å². The van der Waals surface area contributed by atoms with E-state index in [9.17, 15) is 8.42 Å². The van der Waals surface area contributed by atoms with Crippen molar-refractivity contribution >= 4 is 21.6 Å². The molecule has 0 bridgehead atoms. The Hall–Kier alpha value is -0.580. The van der Waals surface area contributed by atoms with Gasteiger partial charge in [0, 0.05) is 18.5 Å². The lowest BCUT2D eigenvalue weighted by Crippen LogP contribution is -2.43. The number of aryl methyl sites for hydroxylation is 1. The molecular weight excluding hydrogens is 306 g/mol. The van der Waals surface area contributed by atoms with Crippen LogP contribution < -0.4 is 0 Å². The second-order valence-electron chi connectivity index (χ2n) is 5.64. The zero-order valence-electron chi connectivity index (χ0n) is 12.6. The van der Waals surface area contributed by atoms with Crippen LogP contribution in [0.15, 0.2) is 29.2 Å². The average Bonchev–Trinajstić information content (AvgIpc) is 2.49. The van der Waals surface area contributed by atoms with Gasteiger partial charge in [0.15, 0.2) is 0 Å². The summed E-state index contributed by atoms with van der Waals surface area (Å²) < 4.78 is 27.3. The highest BCUT2D eigenvalue weighted by atomic mass is 35.5. The fourth-order valence-corrected chi connectivity index (χ4v) is 4.93. The van der Waals surface area contributed by atoms with Crippen LogP contribution in [0.4, 0.5) is 0 Å². The fraction of sp³-hybridized carbons (Fsp3) is 0.625. The van der Waals surface area contributed by atoms with Gasteiger partial charge >= 0.3 is 0 Å². The lowest BCUT2D eigenvalue weighted by Gasteiger charge is -2.34. The molecule has 5 heteroatoms. The number of nitrogens with zero attached hydrogens (tertiary/aromatic N) is 1. The van der Waals surface area contributed by atoms with E-state index in [0.29, 0.717) is 17.3 Å². The summed E-state index contributed by atoms with van der Waals surface area (Å²) in [7, 11) is -3.39. The van der Waals surface area contributed by atoms with Crippen molar-refractivity contribution in [1.82, 2.24) is 4.31 Å². The first-order chi connectivity index (χ1) is 10.1. The summed E-state index contributed by atoms with van der Waals surface area (Å²) in [5.41, 5.74) is 1.19. The molecule has 0 aliphatic carbocycles. The number of halogens is 1. The third kappa shape index (κ3) is 3.99. The van der Waals surface area contributed by atoms with Crippen molar-refractivity contribution in [3.05, 3.63) is 29.8 Å². The molecule has 0 saturated carbocycles. The lowest BCUT2D eigenvalue weighted by molar-refractivity contribution is 0.247. The van der Waals surface area contributed by atoms with Crippen LogP contribution in [0.3, 0.4) is 0 Å². The van der Waals surface area contributed by atoms with Crippen LogP contribution in [-0.4, -0.2) is 31.2 Å². The van der Waals surface area contributed by atoms with E-state index in [-0.39, 0.29) is 6.04 Å². The van der Waals surface area contributed by atoms with Gasteiger partial charge in [-0.15, -0.1) is 11.6 Å². The van der Waals surface area contributed by atoms with Gasteiger partial charge in [0.05, 0.1) is 4.90 Å². The first kappa shape index (κ1) is 16.8. The van der Waals surface area contributed by atoms with Crippen LogP contribution in [0.2, 0.25) is 0 Å². The van der Waals surface area contributed by atoms with Gasteiger partial charge in [-0.2, -0.15) is 4.31 Å². The van der Waals surface area contributed by atoms with E-state index in [2.05, 4.69) is 6.92 Å². The van der Waals surface area contributed by atoms with E-state index in [0.717, 1.165) is 38.5 Å². The number of rotatable bonds is 6. The summed E-state index contributed by atoms with van der Waals surface area (Å²) in [6.45, 7) is 2.73. The van der Waals surface area contributed by atoms with Crippen molar-refractivity contribution in [1.29, 1.82) is 0 Å². The van der Waals surface area contributed by atoms with Crippen LogP contribution in [0, 0.1) is 0 Å². The van der Waals surface area contributed by atoms with Gasteiger partial charge in [-0.3, -0.25) is 0 Å². The summed E-state index contributed by atoms with van der Waals surface area (Å²) in [6.07, 6.45) is 5.72. The molecule has 1 aromatic carbocycles. The first-order valence-electron chi connectivity index (χ1n) is 7.76. The minimum absolute atomic E-state index is 0.0524. The largest absolute Gasteiger partial charge is 0.243 e. The molecule has 1 saturated heterocycles. The molecular formula is C16H24ClNO2S. The monoisotopic (exact) mass is 329 g/mol. The second kappa shape index (κ2) is 7.61. The molecule has 1 unspecified atom stereocenters. The van der Waals surface area contributed by atoms with E-state index in [1.165, 1.54) is 5.56 Å². The lowest BCUT2D eigenvalue weighted by atomic mass is 10.0. The third-order valence-corrected chi connectivity index (χ3v) is 6.27. The maximum Gasteiger partial charge on any atom is 0.243 e. The maximum absolute atomic E-state index is 12.8. The van der Waals surface area contributed by atoms with E-state index >= 15 is 0 Å². The molecule has 2 rings (SSSR count). The van der Waals surface area contributed by atoms with Crippen molar-refractivity contribution in [2.24, 2.45) is 0 Å². The summed E-state index contributed by atoms with van der Waals surface area (Å²) in [5, 5.41) is 0. The molecule has 3 nitrogen and oxygen atoms in total. The van der Waals surface area contributed by atoms with Gasteiger partial charge in [0.25, 0.3) is 0 Å². The third-order valence-electron chi connectivity index (χ3n) is 4.08. The number of benzene rings is 1. The van der Waals surface area contributed by atoms with E-state index < -0.39 is 10.0 Å². The zero-order valence-corrected chi connectivity index (χ0v) is 14.2. The number of piperidine rings is 1. The number of hydrogen-bond donors (Lipinski definition) is 0. The quantitative estimate of drug-likeness (QED) is 0.744. The normalized spacial score (nSPS) is 20.6. The number of alkyl halides is 1. The number of sulfonamides is 1. The summed E-state index contributed by atoms with van der Waals surface area (Å²) in [5.74, 6) is 0.506. The molecule has 1 heterocycles. The molecule has 0 aromatic heterocycles. The molecule has 0 spiro atoms. The van der Waals surface area contributed by atoms with Crippen molar-refractivity contribution in [2.45, 2.75) is 56.4 Å². The molecule has 118 valence electrons. The predicted molar refractivity (Wildman–Crippen MR) is 87.3 cm³/mol. The van der Waals surface area contributed by atoms with Gasteiger partial charge in [-0.25, -0.2) is 8.42 Å². The molecule has 1 aliphatic heterocycles. The summed E-state index contributed by atoms with van der Waals surface area (Å²) in [4.78, 5) is 0.406. The van der Waals surface area contributed by atoms with E-state index in [1.807, 2.05) is 12.1 Å². The first-order valence-corrected chi connectivity index (χ1v) is 9.73. The average molecular weight is 330 g/mol. The molecule has 0 amide bonds. The van der Waals surface area contributed by atoms with E-state index in [1.54, 1.807) is 16.4 Å². The molecule has 1 atom stereocenters. The Morgan fingerprint density at radius 3 is 2.57 bits per heavy atom. The second-order valence-corrected chi connectivity index (χ2v) is 7.91. The Labute approximate surface area is 133 Å². The van der Waals surface area contributed by atoms with Crippen LogP contribution in [0.25, 0.3) is 0 Å². The van der Waals surface area contributed by atoms with Gasteiger partial charge in [0.1, 0.15) is 0 Å². The van der Waals surface area contributed by atoms with Crippen LogP contribution >= 0.6 is 11.6 Å². The van der Waals surface area contributed by atoms with Crippen molar-refractivity contribution in [2.75, 3.05) is 12.4 Å². The van der Waals surface area contributed by atoms with Gasteiger partial charge < -0.3 is 0 Å². The molecule has 1 aliphatic rings. The van der Waals surface area contributed by atoms with Gasteiger partial charge in [0.2, 0.25) is 10.0 Å². The highest BCUT2D eigenvalue weighted by Crippen LogP contribution is 2.27. The van der Waals surface area contributed by atoms with Crippen molar-refractivity contribution in [3.8, 4) is 0 Å². The Kier molecular flexibility index (Phi) is 6.08. The van der Waals surface area contributed by atoms with Crippen LogP contribution in [-0.2, 0) is 16.4 Å². The summed E-state index contributed by atoms with van der Waals surface area (Å²) >= 11 is 5.83. The fourth-order valence-electron chi connectivity index (χ4n) is 2.96. The minimum atomic E-state index is -3.39. The Balaban J connectivity index is 2.22. The standard InChI is InChI=1S/C16H24ClNO2S/c1-2-5-14-7-9-16(10-8-14)21(19,20)18-13-4-3-6-15(18)11-12-17/h7-10,15H,2-6,11-13H2,1H3. The maximum atomic E-state index is 12.8. The number of hydrogen-bond acceptors (Lipinski definition) is 2. The Morgan fingerprint density at radius 1 is 1.24 bits per heavy atom. The predicted octanol–water partition coefficient (Wildman–Crippen LogP) is 3.81. The topological polar surface area (TPSA) is 37.4 Å². The van der Waals surface area contributed by atoms with Crippen molar-refractivity contribution in [3.63, 3.8) is 0 Å². The zero-order chi connectivity index (χ0) is 15.3. The summed E-state index contributed by atoms with van der Waals surface area (Å²) in [6, 6.07) is 7.39. The Bertz CT molecular complexity index is 540. The van der Waals surface area contributed by atoms with Gasteiger partial charge in [-0.1, -0.05) is 31.9 Å². The molecule has 0 N–H and O–H groups in total. The molecule has 1 fully saturated rings. The van der Waals surface area contributed by atoms with E-state index in [4.69, 9.17) is 11.6 Å².